The zero-order chi connectivity index (χ0) is 19.8. The van der Waals surface area contributed by atoms with Crippen LogP contribution in [0.5, 0.6) is 0 Å². The fourth-order valence-corrected chi connectivity index (χ4v) is 3.05. The quantitative estimate of drug-likeness (QED) is 0.426. The van der Waals surface area contributed by atoms with Crippen LogP contribution < -0.4 is 0 Å². The number of unbranched alkanes of at least 4 members (excludes halogenated alkanes) is 2. The van der Waals surface area contributed by atoms with Crippen LogP contribution in [0, 0.1) is 13.8 Å². The molecule has 3 heteroatoms. The van der Waals surface area contributed by atoms with E-state index in [2.05, 4.69) is 13.8 Å². The summed E-state index contributed by atoms with van der Waals surface area (Å²) in [5.74, 6) is -1.15. The number of rotatable bonds is 8. The minimum absolute atomic E-state index is 0.469. The summed E-state index contributed by atoms with van der Waals surface area (Å²) in [5.41, 5.74) is 4.77. The highest BCUT2D eigenvalue weighted by Gasteiger charge is 2.19. The van der Waals surface area contributed by atoms with Gasteiger partial charge in [0.25, 0.3) is 0 Å². The van der Waals surface area contributed by atoms with Crippen molar-refractivity contribution in [2.45, 2.75) is 66.2 Å². The Morgan fingerprint density at radius 2 is 1.15 bits per heavy atom. The minimum Gasteiger partial charge on any atom is -0.386 e. The van der Waals surface area contributed by atoms with Gasteiger partial charge >= 0.3 is 11.9 Å². The zero-order valence-corrected chi connectivity index (χ0v) is 16.9. The number of carbonyl (C=O) groups is 2. The smallest absolute Gasteiger partial charge is 0.346 e. The van der Waals surface area contributed by atoms with E-state index < -0.39 is 11.9 Å². The standard InChI is InChI=1S/C24H30O3/c1-5-7-9-19-13-11-17(3)21(15-19)23(25)27-24(26)22-16-20(10-8-6-2)14-12-18(22)4/h11-16H,5-10H2,1-4H3. The maximum atomic E-state index is 12.6. The zero-order valence-electron chi connectivity index (χ0n) is 16.9. The Morgan fingerprint density at radius 1 is 0.741 bits per heavy atom. The van der Waals surface area contributed by atoms with Crippen LogP contribution in [0.2, 0.25) is 0 Å². The molecule has 0 bridgehead atoms. The molecule has 0 aliphatic rings. The summed E-state index contributed by atoms with van der Waals surface area (Å²) in [6.07, 6.45) is 6.17. The molecule has 0 aliphatic heterocycles. The van der Waals surface area contributed by atoms with Crippen LogP contribution >= 0.6 is 0 Å². The lowest BCUT2D eigenvalue weighted by molar-refractivity contribution is 0.0396. The van der Waals surface area contributed by atoms with Gasteiger partial charge in [-0.1, -0.05) is 51.0 Å². The van der Waals surface area contributed by atoms with Crippen molar-refractivity contribution in [3.05, 3.63) is 69.8 Å². The summed E-state index contributed by atoms with van der Waals surface area (Å²) in [6, 6.07) is 11.6. The van der Waals surface area contributed by atoms with Gasteiger partial charge in [-0.3, -0.25) is 0 Å². The Kier molecular flexibility index (Phi) is 7.78. The van der Waals surface area contributed by atoms with E-state index in [0.29, 0.717) is 11.1 Å². The van der Waals surface area contributed by atoms with E-state index in [1.807, 2.05) is 50.2 Å². The minimum atomic E-state index is -0.575. The van der Waals surface area contributed by atoms with Gasteiger partial charge in [0.2, 0.25) is 0 Å². The molecular formula is C24H30O3. The molecule has 0 aromatic heterocycles. The van der Waals surface area contributed by atoms with Gasteiger partial charge in [0.15, 0.2) is 0 Å². The molecule has 2 aromatic carbocycles. The lowest BCUT2D eigenvalue weighted by atomic mass is 10.0. The summed E-state index contributed by atoms with van der Waals surface area (Å²) < 4.78 is 5.23. The molecule has 0 atom stereocenters. The first-order valence-electron chi connectivity index (χ1n) is 9.91. The third-order valence-corrected chi connectivity index (χ3v) is 4.87. The van der Waals surface area contributed by atoms with Crippen molar-refractivity contribution in [3.63, 3.8) is 0 Å². The Balaban J connectivity index is 2.17. The summed E-state index contributed by atoms with van der Waals surface area (Å²) in [5, 5.41) is 0. The Labute approximate surface area is 162 Å². The van der Waals surface area contributed by atoms with Gasteiger partial charge in [-0.05, 0) is 73.9 Å². The number of ether oxygens (including phenoxy) is 1. The van der Waals surface area contributed by atoms with Crippen molar-refractivity contribution in [3.8, 4) is 0 Å². The molecule has 0 fully saturated rings. The molecule has 0 N–H and O–H groups in total. The van der Waals surface area contributed by atoms with E-state index in [0.717, 1.165) is 60.8 Å². The summed E-state index contributed by atoms with van der Waals surface area (Å²) >= 11 is 0. The SMILES string of the molecule is CCCCc1ccc(C)c(C(=O)OC(=O)c2cc(CCCC)ccc2C)c1. The highest BCUT2D eigenvalue weighted by molar-refractivity contribution is 6.03. The molecule has 0 saturated heterocycles. The van der Waals surface area contributed by atoms with Crippen LogP contribution in [0.15, 0.2) is 36.4 Å². The summed E-state index contributed by atoms with van der Waals surface area (Å²) in [6.45, 7) is 8.00. The van der Waals surface area contributed by atoms with Crippen LogP contribution in [0.25, 0.3) is 0 Å². The number of hydrogen-bond donors (Lipinski definition) is 0. The second-order valence-corrected chi connectivity index (χ2v) is 7.18. The topological polar surface area (TPSA) is 43.4 Å². The first-order chi connectivity index (χ1) is 13.0. The number of hydrogen-bond acceptors (Lipinski definition) is 3. The molecule has 0 amide bonds. The Bertz CT molecular complexity index is 738. The largest absolute Gasteiger partial charge is 0.386 e. The lowest BCUT2D eigenvalue weighted by Crippen LogP contribution is -2.15. The van der Waals surface area contributed by atoms with Crippen LogP contribution in [-0.2, 0) is 17.6 Å². The maximum Gasteiger partial charge on any atom is 0.346 e. The van der Waals surface area contributed by atoms with Gasteiger partial charge in [0.1, 0.15) is 0 Å². The highest BCUT2D eigenvalue weighted by Crippen LogP contribution is 2.18. The molecule has 0 radical (unpaired) electrons. The van der Waals surface area contributed by atoms with Gasteiger partial charge in [0, 0.05) is 0 Å². The first-order valence-corrected chi connectivity index (χ1v) is 9.91. The number of benzene rings is 2. The molecule has 0 spiro atoms. The van der Waals surface area contributed by atoms with Gasteiger partial charge in [-0.15, -0.1) is 0 Å². The fourth-order valence-electron chi connectivity index (χ4n) is 3.05. The van der Waals surface area contributed by atoms with E-state index in [-0.39, 0.29) is 0 Å². The van der Waals surface area contributed by atoms with Crippen molar-refractivity contribution >= 4 is 11.9 Å². The summed E-state index contributed by atoms with van der Waals surface area (Å²) in [4.78, 5) is 25.2. The van der Waals surface area contributed by atoms with Crippen molar-refractivity contribution < 1.29 is 14.3 Å². The molecule has 0 aliphatic carbocycles. The predicted octanol–water partition coefficient (Wildman–Crippen LogP) is 5.99. The normalized spacial score (nSPS) is 10.7. The Hall–Kier alpha value is -2.42. The third kappa shape index (κ3) is 5.78. The molecule has 144 valence electrons. The van der Waals surface area contributed by atoms with E-state index in [9.17, 15) is 9.59 Å². The highest BCUT2D eigenvalue weighted by atomic mass is 16.6. The number of esters is 2. The molecule has 27 heavy (non-hydrogen) atoms. The van der Waals surface area contributed by atoms with Crippen LogP contribution in [0.1, 0.15) is 82.5 Å². The van der Waals surface area contributed by atoms with Crippen LogP contribution in [-0.4, -0.2) is 11.9 Å². The molecule has 0 saturated carbocycles. The van der Waals surface area contributed by atoms with Gasteiger partial charge in [-0.25, -0.2) is 9.59 Å². The average Bonchev–Trinajstić information content (AvgIpc) is 2.66. The predicted molar refractivity (Wildman–Crippen MR) is 109 cm³/mol. The van der Waals surface area contributed by atoms with Crippen LogP contribution in [0.3, 0.4) is 0 Å². The van der Waals surface area contributed by atoms with E-state index in [1.165, 1.54) is 0 Å². The fraction of sp³-hybridized carbons (Fsp3) is 0.417. The number of carbonyl (C=O) groups excluding carboxylic acids is 2. The van der Waals surface area contributed by atoms with Crippen molar-refractivity contribution in [2.75, 3.05) is 0 Å². The second kappa shape index (κ2) is 10.1. The first kappa shape index (κ1) is 20.9. The summed E-state index contributed by atoms with van der Waals surface area (Å²) in [7, 11) is 0. The molecular weight excluding hydrogens is 336 g/mol. The Morgan fingerprint density at radius 3 is 1.52 bits per heavy atom. The lowest BCUT2D eigenvalue weighted by Gasteiger charge is -2.10. The molecule has 0 unspecified atom stereocenters. The molecule has 2 rings (SSSR count). The molecule has 0 heterocycles. The maximum absolute atomic E-state index is 12.6. The van der Waals surface area contributed by atoms with E-state index in [1.54, 1.807) is 0 Å². The van der Waals surface area contributed by atoms with Gasteiger partial charge < -0.3 is 4.74 Å². The third-order valence-electron chi connectivity index (χ3n) is 4.87. The number of aryl methyl sites for hydroxylation is 4. The van der Waals surface area contributed by atoms with Crippen molar-refractivity contribution in [1.29, 1.82) is 0 Å². The van der Waals surface area contributed by atoms with Crippen LogP contribution in [0.4, 0.5) is 0 Å². The molecule has 3 nitrogen and oxygen atoms in total. The van der Waals surface area contributed by atoms with Gasteiger partial charge in [0.05, 0.1) is 11.1 Å². The average molecular weight is 367 g/mol. The van der Waals surface area contributed by atoms with E-state index in [4.69, 9.17) is 4.74 Å². The monoisotopic (exact) mass is 366 g/mol. The van der Waals surface area contributed by atoms with Crippen molar-refractivity contribution in [1.82, 2.24) is 0 Å². The molecule has 2 aromatic rings. The van der Waals surface area contributed by atoms with Crippen molar-refractivity contribution in [2.24, 2.45) is 0 Å². The van der Waals surface area contributed by atoms with E-state index >= 15 is 0 Å². The van der Waals surface area contributed by atoms with Gasteiger partial charge in [-0.2, -0.15) is 0 Å². The second-order valence-electron chi connectivity index (χ2n) is 7.18.